The van der Waals surface area contributed by atoms with Gasteiger partial charge in [-0.2, -0.15) is 4.99 Å². The summed E-state index contributed by atoms with van der Waals surface area (Å²) >= 11 is 0. The molecule has 0 aromatic carbocycles. The lowest BCUT2D eigenvalue weighted by atomic mass is 10.2. The Kier molecular flexibility index (Phi) is 2.79. The standard InChI is InChI=1S/C6H9N3O3/c10-4-7-3-8-6(12)9-1-5(11)2-9/h5,11H,1-3H2,(H,8,12). The third-order valence-corrected chi connectivity index (χ3v) is 1.52. The van der Waals surface area contributed by atoms with Gasteiger partial charge in [0.15, 0.2) is 0 Å². The molecule has 0 atom stereocenters. The molecule has 0 aliphatic carbocycles. The summed E-state index contributed by atoms with van der Waals surface area (Å²) in [6.07, 6.45) is 0.887. The number of hydrogen-bond acceptors (Lipinski definition) is 4. The van der Waals surface area contributed by atoms with Crippen molar-refractivity contribution in [1.29, 1.82) is 0 Å². The Hall–Kier alpha value is -1.39. The normalized spacial score (nSPS) is 16.2. The molecule has 6 heteroatoms. The minimum Gasteiger partial charge on any atom is -0.389 e. The van der Waals surface area contributed by atoms with Crippen LogP contribution in [0.15, 0.2) is 4.99 Å². The van der Waals surface area contributed by atoms with Crippen molar-refractivity contribution in [3.05, 3.63) is 0 Å². The first-order valence-corrected chi connectivity index (χ1v) is 3.48. The van der Waals surface area contributed by atoms with Gasteiger partial charge in [0.1, 0.15) is 6.67 Å². The topological polar surface area (TPSA) is 82.0 Å². The maximum absolute atomic E-state index is 11.0. The van der Waals surface area contributed by atoms with Gasteiger partial charge in [-0.1, -0.05) is 0 Å². The van der Waals surface area contributed by atoms with Gasteiger partial charge < -0.3 is 15.3 Å². The Morgan fingerprint density at radius 3 is 2.92 bits per heavy atom. The minimum atomic E-state index is -0.412. The molecule has 0 aromatic heterocycles. The van der Waals surface area contributed by atoms with Crippen molar-refractivity contribution in [2.75, 3.05) is 19.8 Å². The first-order chi connectivity index (χ1) is 5.74. The Morgan fingerprint density at radius 2 is 2.42 bits per heavy atom. The van der Waals surface area contributed by atoms with Crippen LogP contribution in [0.4, 0.5) is 4.79 Å². The second kappa shape index (κ2) is 3.85. The number of aliphatic hydroxyl groups excluding tert-OH is 1. The van der Waals surface area contributed by atoms with Gasteiger partial charge in [-0.3, -0.25) is 0 Å². The lowest BCUT2D eigenvalue weighted by Crippen LogP contribution is -2.56. The van der Waals surface area contributed by atoms with Crippen LogP contribution in [-0.2, 0) is 4.79 Å². The van der Waals surface area contributed by atoms with Gasteiger partial charge in [0.05, 0.1) is 19.2 Å². The monoisotopic (exact) mass is 171 g/mol. The van der Waals surface area contributed by atoms with Gasteiger partial charge in [0.2, 0.25) is 6.08 Å². The van der Waals surface area contributed by atoms with E-state index in [1.165, 1.54) is 11.0 Å². The predicted molar refractivity (Wildman–Crippen MR) is 39.1 cm³/mol. The molecule has 0 unspecified atom stereocenters. The summed E-state index contributed by atoms with van der Waals surface area (Å²) in [7, 11) is 0. The summed E-state index contributed by atoms with van der Waals surface area (Å²) in [5.41, 5.74) is 0. The summed E-state index contributed by atoms with van der Waals surface area (Å²) in [6, 6.07) is -0.320. The molecule has 0 spiro atoms. The van der Waals surface area contributed by atoms with Crippen LogP contribution in [0.5, 0.6) is 0 Å². The van der Waals surface area contributed by atoms with Crippen LogP contribution < -0.4 is 5.32 Å². The van der Waals surface area contributed by atoms with Gasteiger partial charge in [0.25, 0.3) is 0 Å². The summed E-state index contributed by atoms with van der Waals surface area (Å²) in [5, 5.41) is 11.2. The maximum Gasteiger partial charge on any atom is 0.319 e. The lowest BCUT2D eigenvalue weighted by Gasteiger charge is -2.35. The molecular weight excluding hydrogens is 162 g/mol. The first kappa shape index (κ1) is 8.70. The summed E-state index contributed by atoms with van der Waals surface area (Å²) in [5.74, 6) is 0. The fraction of sp³-hybridized carbons (Fsp3) is 0.667. The number of isocyanates is 1. The average Bonchev–Trinajstić information content (AvgIpc) is 1.99. The largest absolute Gasteiger partial charge is 0.389 e. The number of aliphatic hydroxyl groups is 1. The van der Waals surface area contributed by atoms with Crippen molar-refractivity contribution in [1.82, 2.24) is 10.2 Å². The molecule has 1 saturated heterocycles. The van der Waals surface area contributed by atoms with Crippen LogP contribution in [0.3, 0.4) is 0 Å². The zero-order valence-electron chi connectivity index (χ0n) is 6.36. The number of amides is 2. The second-order valence-corrected chi connectivity index (χ2v) is 2.45. The fourth-order valence-electron chi connectivity index (χ4n) is 0.872. The first-order valence-electron chi connectivity index (χ1n) is 3.48. The summed E-state index contributed by atoms with van der Waals surface area (Å²) in [6.45, 7) is 0.627. The number of carbonyl (C=O) groups excluding carboxylic acids is 2. The third kappa shape index (κ3) is 2.05. The van der Waals surface area contributed by atoms with E-state index in [-0.39, 0.29) is 12.7 Å². The van der Waals surface area contributed by atoms with E-state index in [0.29, 0.717) is 13.1 Å². The van der Waals surface area contributed by atoms with Crippen LogP contribution >= 0.6 is 0 Å². The molecule has 1 aliphatic heterocycles. The molecule has 1 aliphatic rings. The van der Waals surface area contributed by atoms with E-state index in [2.05, 4.69) is 10.3 Å². The highest BCUT2D eigenvalue weighted by Gasteiger charge is 2.28. The lowest BCUT2D eigenvalue weighted by molar-refractivity contribution is 0.0267. The summed E-state index contributed by atoms with van der Waals surface area (Å²) in [4.78, 5) is 25.1. The molecular formula is C6H9N3O3. The van der Waals surface area contributed by atoms with Crippen LogP contribution in [-0.4, -0.2) is 48.0 Å². The molecule has 1 rings (SSSR count). The van der Waals surface area contributed by atoms with Crippen LogP contribution in [0.2, 0.25) is 0 Å². The van der Waals surface area contributed by atoms with E-state index in [4.69, 9.17) is 5.11 Å². The average molecular weight is 171 g/mol. The minimum absolute atomic E-state index is 0.0606. The fourth-order valence-corrected chi connectivity index (χ4v) is 0.872. The number of carbonyl (C=O) groups is 1. The van der Waals surface area contributed by atoms with Crippen molar-refractivity contribution in [2.45, 2.75) is 6.10 Å². The van der Waals surface area contributed by atoms with Gasteiger partial charge in [-0.25, -0.2) is 9.59 Å². The van der Waals surface area contributed by atoms with Gasteiger partial charge in [0, 0.05) is 0 Å². The van der Waals surface area contributed by atoms with Crippen molar-refractivity contribution in [3.8, 4) is 0 Å². The molecule has 2 amide bonds. The Bertz CT molecular complexity index is 218. The zero-order valence-corrected chi connectivity index (χ0v) is 6.36. The number of rotatable bonds is 2. The smallest absolute Gasteiger partial charge is 0.319 e. The quantitative estimate of drug-likeness (QED) is 0.398. The van der Waals surface area contributed by atoms with E-state index in [9.17, 15) is 9.59 Å². The number of likely N-dealkylation sites (tertiary alicyclic amines) is 1. The van der Waals surface area contributed by atoms with E-state index >= 15 is 0 Å². The molecule has 1 fully saturated rings. The Morgan fingerprint density at radius 1 is 1.75 bits per heavy atom. The van der Waals surface area contributed by atoms with E-state index in [0.717, 1.165) is 0 Å². The number of hydrogen-bond donors (Lipinski definition) is 2. The van der Waals surface area contributed by atoms with Crippen molar-refractivity contribution < 1.29 is 14.7 Å². The second-order valence-electron chi connectivity index (χ2n) is 2.45. The van der Waals surface area contributed by atoms with Crippen molar-refractivity contribution >= 4 is 12.1 Å². The van der Waals surface area contributed by atoms with Crippen molar-refractivity contribution in [3.63, 3.8) is 0 Å². The van der Waals surface area contributed by atoms with Gasteiger partial charge in [-0.05, 0) is 0 Å². The number of β-amino-alcohol motifs (C(OH)–C–C–N with tert-alkyl or cyclic N) is 1. The van der Waals surface area contributed by atoms with Gasteiger partial charge >= 0.3 is 6.03 Å². The van der Waals surface area contributed by atoms with E-state index in [1.807, 2.05) is 0 Å². The molecule has 2 N–H and O–H groups in total. The third-order valence-electron chi connectivity index (χ3n) is 1.52. The highest BCUT2D eigenvalue weighted by molar-refractivity contribution is 5.75. The van der Waals surface area contributed by atoms with Crippen molar-refractivity contribution in [2.24, 2.45) is 4.99 Å². The molecule has 1 heterocycles. The molecule has 0 bridgehead atoms. The Labute approximate surface area is 68.9 Å². The highest BCUT2D eigenvalue weighted by Crippen LogP contribution is 2.06. The van der Waals surface area contributed by atoms with Crippen LogP contribution in [0, 0.1) is 0 Å². The highest BCUT2D eigenvalue weighted by atomic mass is 16.3. The molecule has 66 valence electrons. The molecule has 0 radical (unpaired) electrons. The summed E-state index contributed by atoms with van der Waals surface area (Å²) < 4.78 is 0. The SMILES string of the molecule is O=C=NCNC(=O)N1CC(O)C1. The molecule has 6 nitrogen and oxygen atoms in total. The van der Waals surface area contributed by atoms with E-state index in [1.54, 1.807) is 0 Å². The van der Waals surface area contributed by atoms with Crippen LogP contribution in [0.1, 0.15) is 0 Å². The van der Waals surface area contributed by atoms with Crippen LogP contribution in [0.25, 0.3) is 0 Å². The zero-order chi connectivity index (χ0) is 8.97. The number of nitrogens with zero attached hydrogens (tertiary/aromatic N) is 2. The molecule has 12 heavy (non-hydrogen) atoms. The number of urea groups is 1. The molecule has 0 aromatic rings. The Balaban J connectivity index is 2.16. The van der Waals surface area contributed by atoms with Gasteiger partial charge in [-0.15, -0.1) is 0 Å². The van der Waals surface area contributed by atoms with E-state index < -0.39 is 6.10 Å². The molecule has 0 saturated carbocycles. The number of nitrogens with one attached hydrogen (secondary N) is 1. The predicted octanol–water partition coefficient (Wildman–Crippen LogP) is -1.33. The maximum atomic E-state index is 11.0. The number of aliphatic imine (C=N–C) groups is 1.